The van der Waals surface area contributed by atoms with Gasteiger partial charge < -0.3 is 24.8 Å². The Bertz CT molecular complexity index is 1750. The van der Waals surface area contributed by atoms with Crippen molar-refractivity contribution in [1.82, 2.24) is 5.32 Å². The van der Waals surface area contributed by atoms with Gasteiger partial charge in [-0.15, -0.1) is 0 Å². The Morgan fingerprint density at radius 1 is 0.896 bits per heavy atom. The van der Waals surface area contributed by atoms with E-state index in [1.807, 2.05) is 24.3 Å². The minimum Gasteiger partial charge on any atom is -0.744 e. The molecule has 1 amide bonds. The first-order chi connectivity index (χ1) is 22.6. The van der Waals surface area contributed by atoms with E-state index in [1.165, 1.54) is 12.1 Å². The van der Waals surface area contributed by atoms with Gasteiger partial charge in [-0.2, -0.15) is 0 Å². The predicted molar refractivity (Wildman–Crippen MR) is 184 cm³/mol. The summed E-state index contributed by atoms with van der Waals surface area (Å²) in [7, 11) is -4.86. The van der Waals surface area contributed by atoms with Crippen LogP contribution in [0.3, 0.4) is 0 Å². The number of amides is 1. The van der Waals surface area contributed by atoms with Crippen molar-refractivity contribution in [2.45, 2.75) is 86.1 Å². The van der Waals surface area contributed by atoms with Gasteiger partial charge in [0.15, 0.2) is 0 Å². The number of aliphatic hydroxyl groups is 1. The van der Waals surface area contributed by atoms with Crippen LogP contribution in [-0.2, 0) is 21.5 Å². The number of phenolic OH excluding ortho intramolecular Hbond substituents is 1. The molecule has 48 heavy (non-hydrogen) atoms. The van der Waals surface area contributed by atoms with Crippen molar-refractivity contribution < 1.29 is 62.3 Å². The molecule has 0 spiro atoms. The maximum Gasteiger partial charge on any atom is 1.00 e. The fraction of sp³-hybridized carbons (Fsp3) is 0.324. The maximum absolute atomic E-state index is 12.4. The molecule has 11 heteroatoms. The number of carbonyl (C=O) groups excluding carboxylic acids is 1. The zero-order chi connectivity index (χ0) is 33.8. The van der Waals surface area contributed by atoms with E-state index >= 15 is 0 Å². The van der Waals surface area contributed by atoms with E-state index in [9.17, 15) is 28.0 Å². The van der Waals surface area contributed by atoms with E-state index in [0.717, 1.165) is 55.2 Å². The van der Waals surface area contributed by atoms with Crippen molar-refractivity contribution in [3.63, 3.8) is 0 Å². The topological polar surface area (TPSA) is 136 Å². The van der Waals surface area contributed by atoms with Crippen molar-refractivity contribution in [1.29, 1.82) is 0 Å². The second-order valence-corrected chi connectivity index (χ2v) is 13.8. The van der Waals surface area contributed by atoms with Gasteiger partial charge in [0.05, 0.1) is 11.5 Å². The number of rotatable bonds is 17. The normalized spacial score (nSPS) is 11.8. The summed E-state index contributed by atoms with van der Waals surface area (Å²) >= 11 is 1.16. The molecule has 1 atom stereocenters. The van der Waals surface area contributed by atoms with Crippen molar-refractivity contribution in [3.05, 3.63) is 102 Å². The van der Waals surface area contributed by atoms with Crippen LogP contribution in [0.5, 0.6) is 11.5 Å². The Hall–Kier alpha value is -2.83. The third-order valence-electron chi connectivity index (χ3n) is 7.73. The Balaban J connectivity index is 0.00000625. The standard InChI is InChI=1S/C37H43NO7S2.Na/c1-3-5-7-8-13-36(40)38-25-26-14-20-33(39)32(23-26)37(41)31-12-10-9-11-30(31)27-15-21-34(35(24-27)47(42,43)44)46-29-18-16-28(17-19-29)45-22-6-4-2;/h9-12,14-21,23-24,37,39,41H,3-8,13,22,25H2,1-2H3,(H,38,40)(H,42,43,44);/q;+1/p-1. The number of unbranched alkanes of at least 4 members (excludes halogenated alkanes) is 4. The largest absolute Gasteiger partial charge is 1.00 e. The van der Waals surface area contributed by atoms with E-state index in [-0.39, 0.29) is 63.1 Å². The molecule has 8 nitrogen and oxygen atoms in total. The zero-order valence-corrected chi connectivity index (χ0v) is 31.4. The number of benzene rings is 4. The van der Waals surface area contributed by atoms with Crippen molar-refractivity contribution >= 4 is 27.8 Å². The Kier molecular flexibility index (Phi) is 16.0. The number of carbonyl (C=O) groups is 1. The molecule has 0 heterocycles. The van der Waals surface area contributed by atoms with Gasteiger partial charge in [0.1, 0.15) is 27.7 Å². The predicted octanol–water partition coefficient (Wildman–Crippen LogP) is 4.97. The summed E-state index contributed by atoms with van der Waals surface area (Å²) in [5.41, 5.74) is 2.27. The second kappa shape index (κ2) is 19.4. The van der Waals surface area contributed by atoms with Crippen LogP contribution in [0.2, 0.25) is 0 Å². The van der Waals surface area contributed by atoms with Gasteiger partial charge in [0, 0.05) is 28.3 Å². The average molecular weight is 700 g/mol. The summed E-state index contributed by atoms with van der Waals surface area (Å²) in [6, 6.07) is 23.5. The Labute approximate surface area is 310 Å². The first-order valence-corrected chi connectivity index (χ1v) is 18.2. The molecule has 0 aliphatic rings. The molecule has 0 saturated heterocycles. The first kappa shape index (κ1) is 39.6. The van der Waals surface area contributed by atoms with Crippen LogP contribution >= 0.6 is 11.8 Å². The molecule has 4 aromatic rings. The first-order valence-electron chi connectivity index (χ1n) is 16.0. The number of phenols is 1. The number of hydrogen-bond acceptors (Lipinski definition) is 8. The molecule has 3 N–H and O–H groups in total. The van der Waals surface area contributed by atoms with E-state index in [0.29, 0.717) is 41.0 Å². The summed E-state index contributed by atoms with van der Waals surface area (Å²) in [4.78, 5) is 12.9. The number of ether oxygens (including phenoxy) is 1. The molecule has 250 valence electrons. The molecule has 0 aliphatic carbocycles. The Morgan fingerprint density at radius 3 is 2.33 bits per heavy atom. The second-order valence-electron chi connectivity index (χ2n) is 11.4. The summed E-state index contributed by atoms with van der Waals surface area (Å²) in [5, 5.41) is 25.1. The fourth-order valence-corrected chi connectivity index (χ4v) is 6.96. The van der Waals surface area contributed by atoms with Crippen LogP contribution < -0.4 is 39.6 Å². The average Bonchev–Trinajstić information content (AvgIpc) is 3.06. The Morgan fingerprint density at radius 2 is 1.62 bits per heavy atom. The molecule has 0 aromatic heterocycles. The summed E-state index contributed by atoms with van der Waals surface area (Å²) in [6.07, 6.45) is 5.15. The van der Waals surface area contributed by atoms with Gasteiger partial charge in [-0.05, 0) is 83.6 Å². The SMILES string of the molecule is CCCCCCC(=O)NCc1ccc(O)c(C(O)c2ccccc2-c2ccc(Sc3ccc(OCCCC)cc3)c(S(=O)(=O)[O-])c2)c1.[Na+]. The minimum atomic E-state index is -4.86. The van der Waals surface area contributed by atoms with Crippen molar-refractivity contribution in [3.8, 4) is 22.6 Å². The third-order valence-corrected chi connectivity index (χ3v) is 9.82. The molecule has 0 radical (unpaired) electrons. The monoisotopic (exact) mass is 699 g/mol. The fourth-order valence-electron chi connectivity index (χ4n) is 5.12. The van der Waals surface area contributed by atoms with Crippen LogP contribution in [0.1, 0.15) is 81.6 Å². The molecule has 1 unspecified atom stereocenters. The van der Waals surface area contributed by atoms with Crippen molar-refractivity contribution in [2.24, 2.45) is 0 Å². The molecule has 0 saturated carbocycles. The van der Waals surface area contributed by atoms with Crippen LogP contribution in [0, 0.1) is 0 Å². The molecule has 0 aliphatic heterocycles. The number of aromatic hydroxyl groups is 1. The van der Waals surface area contributed by atoms with Crippen LogP contribution in [0.25, 0.3) is 11.1 Å². The summed E-state index contributed by atoms with van der Waals surface area (Å²) < 4.78 is 43.0. The molecular formula is C37H42NNaO7S2. The molecule has 0 fully saturated rings. The molecular weight excluding hydrogens is 658 g/mol. The van der Waals surface area contributed by atoms with Gasteiger partial charge in [-0.1, -0.05) is 87.7 Å². The van der Waals surface area contributed by atoms with Crippen LogP contribution in [-0.4, -0.2) is 35.7 Å². The van der Waals surface area contributed by atoms with Gasteiger partial charge in [0.2, 0.25) is 5.91 Å². The van der Waals surface area contributed by atoms with Gasteiger partial charge >= 0.3 is 29.6 Å². The van der Waals surface area contributed by atoms with E-state index < -0.39 is 16.2 Å². The van der Waals surface area contributed by atoms with Gasteiger partial charge in [-0.25, -0.2) is 8.42 Å². The quantitative estimate of drug-likeness (QED) is 0.0800. The van der Waals surface area contributed by atoms with Gasteiger partial charge in [-0.3, -0.25) is 4.79 Å². The summed E-state index contributed by atoms with van der Waals surface area (Å²) in [5.74, 6) is 0.531. The molecule has 4 rings (SSSR count). The number of nitrogens with one attached hydrogen (secondary N) is 1. The van der Waals surface area contributed by atoms with Crippen LogP contribution in [0.15, 0.2) is 99.6 Å². The summed E-state index contributed by atoms with van der Waals surface area (Å²) in [6.45, 7) is 5.06. The van der Waals surface area contributed by atoms with E-state index in [4.69, 9.17) is 4.74 Å². The molecule has 4 aromatic carbocycles. The number of hydrogen-bond donors (Lipinski definition) is 3. The van der Waals surface area contributed by atoms with E-state index in [1.54, 1.807) is 48.5 Å². The zero-order valence-electron chi connectivity index (χ0n) is 27.8. The van der Waals surface area contributed by atoms with Gasteiger partial charge in [0.25, 0.3) is 0 Å². The third kappa shape index (κ3) is 11.4. The van der Waals surface area contributed by atoms with Crippen LogP contribution in [0.4, 0.5) is 0 Å². The van der Waals surface area contributed by atoms with E-state index in [2.05, 4.69) is 19.2 Å². The molecule has 0 bridgehead atoms. The number of aliphatic hydroxyl groups excluding tert-OH is 1. The minimum absolute atomic E-state index is 0. The smallest absolute Gasteiger partial charge is 0.744 e. The van der Waals surface area contributed by atoms with Crippen molar-refractivity contribution in [2.75, 3.05) is 6.61 Å². The maximum atomic E-state index is 12.4.